The minimum absolute atomic E-state index is 0.0213. The third-order valence-corrected chi connectivity index (χ3v) is 5.05. The summed E-state index contributed by atoms with van der Waals surface area (Å²) < 4.78 is 11.4. The van der Waals surface area contributed by atoms with Gasteiger partial charge in [0.2, 0.25) is 5.91 Å². The van der Waals surface area contributed by atoms with E-state index in [4.69, 9.17) is 9.47 Å². The van der Waals surface area contributed by atoms with Gasteiger partial charge >= 0.3 is 0 Å². The molecule has 1 aromatic heterocycles. The molecule has 0 radical (unpaired) electrons. The molecule has 0 aliphatic heterocycles. The molecule has 0 unspecified atom stereocenters. The lowest BCUT2D eigenvalue weighted by molar-refractivity contribution is -0.129. The van der Waals surface area contributed by atoms with Gasteiger partial charge in [0.1, 0.15) is 29.7 Å². The second kappa shape index (κ2) is 9.90. The fraction of sp³-hybridized carbons (Fsp3) is 0.273. The first-order chi connectivity index (χ1) is 13.6. The summed E-state index contributed by atoms with van der Waals surface area (Å²) in [6.45, 7) is 3.43. The summed E-state index contributed by atoms with van der Waals surface area (Å²) in [6.07, 6.45) is 0.281. The van der Waals surface area contributed by atoms with Crippen LogP contribution < -0.4 is 9.47 Å². The van der Waals surface area contributed by atoms with Crippen molar-refractivity contribution in [3.05, 3.63) is 76.2 Å². The molecule has 5 nitrogen and oxygen atoms in total. The first-order valence-electron chi connectivity index (χ1n) is 9.15. The number of aryl methyl sites for hydroxylation is 1. The highest BCUT2D eigenvalue weighted by Crippen LogP contribution is 2.16. The number of amides is 1. The van der Waals surface area contributed by atoms with E-state index >= 15 is 0 Å². The summed E-state index contributed by atoms with van der Waals surface area (Å²) in [6, 6.07) is 17.5. The quantitative estimate of drug-likeness (QED) is 0.546. The Morgan fingerprint density at radius 3 is 2.50 bits per heavy atom. The van der Waals surface area contributed by atoms with Crippen LogP contribution in [0.25, 0.3) is 0 Å². The maximum Gasteiger partial charge on any atom is 0.228 e. The second-order valence-electron chi connectivity index (χ2n) is 6.49. The van der Waals surface area contributed by atoms with Crippen LogP contribution in [-0.4, -0.2) is 36.0 Å². The molecule has 3 aromatic rings. The van der Waals surface area contributed by atoms with Crippen molar-refractivity contribution in [2.24, 2.45) is 0 Å². The number of para-hydroxylation sites is 1. The van der Waals surface area contributed by atoms with Crippen molar-refractivity contribution in [3.63, 3.8) is 0 Å². The summed E-state index contributed by atoms with van der Waals surface area (Å²) in [4.78, 5) is 18.6. The molecule has 0 saturated carbocycles. The summed E-state index contributed by atoms with van der Waals surface area (Å²) >= 11 is 1.51. The van der Waals surface area contributed by atoms with Crippen LogP contribution in [0.1, 0.15) is 16.3 Å². The highest BCUT2D eigenvalue weighted by atomic mass is 32.1. The van der Waals surface area contributed by atoms with Gasteiger partial charge in [0.05, 0.1) is 18.7 Å². The minimum atomic E-state index is 0.0213. The Kier molecular flexibility index (Phi) is 7.03. The first kappa shape index (κ1) is 19.9. The molecule has 3 rings (SSSR count). The van der Waals surface area contributed by atoms with Crippen LogP contribution >= 0.6 is 11.3 Å². The Balaban J connectivity index is 1.41. The van der Waals surface area contributed by atoms with Gasteiger partial charge in [-0.15, -0.1) is 11.3 Å². The average molecular weight is 397 g/mol. The maximum absolute atomic E-state index is 12.4. The molecule has 1 amide bonds. The van der Waals surface area contributed by atoms with E-state index in [0.717, 1.165) is 22.2 Å². The van der Waals surface area contributed by atoms with Crippen molar-refractivity contribution in [1.82, 2.24) is 9.88 Å². The summed E-state index contributed by atoms with van der Waals surface area (Å²) in [5.41, 5.74) is 1.97. The zero-order valence-electron chi connectivity index (χ0n) is 16.1. The largest absolute Gasteiger partial charge is 0.492 e. The number of carbonyl (C=O) groups is 1. The monoisotopic (exact) mass is 396 g/mol. The Labute approximate surface area is 169 Å². The number of thiazole rings is 1. The fourth-order valence-corrected chi connectivity index (χ4v) is 3.21. The van der Waals surface area contributed by atoms with Crippen molar-refractivity contribution >= 4 is 17.2 Å². The Hall–Kier alpha value is -2.86. The maximum atomic E-state index is 12.4. The highest BCUT2D eigenvalue weighted by Gasteiger charge is 2.12. The van der Waals surface area contributed by atoms with Gasteiger partial charge < -0.3 is 14.4 Å². The molecule has 1 heterocycles. The lowest BCUT2D eigenvalue weighted by Crippen LogP contribution is -2.32. The van der Waals surface area contributed by atoms with Crippen LogP contribution in [0.15, 0.2) is 60.0 Å². The van der Waals surface area contributed by atoms with E-state index in [9.17, 15) is 4.79 Å². The number of rotatable bonds is 9. The van der Waals surface area contributed by atoms with Crippen molar-refractivity contribution in [2.75, 3.05) is 20.2 Å². The lowest BCUT2D eigenvalue weighted by atomic mass is 10.2. The first-order valence-corrected chi connectivity index (χ1v) is 10.0. The minimum Gasteiger partial charge on any atom is -0.492 e. The SMILES string of the molecule is Cc1ccc(OCc2nc(CC(=O)N(C)CCOc3ccccc3)cs2)cc1. The summed E-state index contributed by atoms with van der Waals surface area (Å²) in [5, 5.41) is 2.78. The standard InChI is InChI=1S/C22H24N2O3S/c1-17-8-10-20(11-9-17)27-15-21-23-18(16-28-21)14-22(25)24(2)12-13-26-19-6-4-3-5-7-19/h3-11,16H,12-15H2,1-2H3. The molecule has 0 fully saturated rings. The van der Waals surface area contributed by atoms with Gasteiger partial charge in [-0.25, -0.2) is 4.98 Å². The molecule has 28 heavy (non-hydrogen) atoms. The molecular formula is C22H24N2O3S. The summed E-state index contributed by atoms with van der Waals surface area (Å²) in [7, 11) is 1.78. The van der Waals surface area contributed by atoms with Crippen LogP contribution in [-0.2, 0) is 17.8 Å². The predicted octanol–water partition coefficient (Wildman–Crippen LogP) is 4.11. The molecule has 0 atom stereocenters. The molecule has 2 aromatic carbocycles. The molecule has 0 aliphatic rings. The van der Waals surface area contributed by atoms with Gasteiger partial charge in [-0.2, -0.15) is 0 Å². The zero-order valence-corrected chi connectivity index (χ0v) is 16.9. The Bertz CT molecular complexity index is 878. The molecule has 0 N–H and O–H groups in total. The van der Waals surface area contributed by atoms with Gasteiger partial charge in [-0.1, -0.05) is 35.9 Å². The number of likely N-dealkylation sites (N-methyl/N-ethyl adjacent to an activating group) is 1. The van der Waals surface area contributed by atoms with Gasteiger partial charge in [-0.3, -0.25) is 4.79 Å². The Morgan fingerprint density at radius 2 is 1.75 bits per heavy atom. The van der Waals surface area contributed by atoms with Crippen LogP contribution in [0, 0.1) is 6.92 Å². The van der Waals surface area contributed by atoms with Gasteiger partial charge in [0.15, 0.2) is 0 Å². The summed E-state index contributed by atoms with van der Waals surface area (Å²) in [5.74, 6) is 1.64. The number of ether oxygens (including phenoxy) is 2. The number of nitrogens with zero attached hydrogens (tertiary/aromatic N) is 2. The predicted molar refractivity (Wildman–Crippen MR) is 111 cm³/mol. The number of hydrogen-bond donors (Lipinski definition) is 0. The Morgan fingerprint density at radius 1 is 1.04 bits per heavy atom. The number of aromatic nitrogens is 1. The lowest BCUT2D eigenvalue weighted by Gasteiger charge is -2.17. The van der Waals surface area contributed by atoms with Crippen LogP contribution in [0.5, 0.6) is 11.5 Å². The number of benzene rings is 2. The van der Waals surface area contributed by atoms with E-state index in [0.29, 0.717) is 19.8 Å². The second-order valence-corrected chi connectivity index (χ2v) is 7.43. The van der Waals surface area contributed by atoms with E-state index in [1.165, 1.54) is 16.9 Å². The van der Waals surface area contributed by atoms with Gasteiger partial charge in [0.25, 0.3) is 0 Å². The third-order valence-electron chi connectivity index (χ3n) is 4.18. The van der Waals surface area contributed by atoms with E-state index in [-0.39, 0.29) is 12.3 Å². The van der Waals surface area contributed by atoms with E-state index in [2.05, 4.69) is 4.98 Å². The average Bonchev–Trinajstić information content (AvgIpc) is 3.15. The van der Waals surface area contributed by atoms with E-state index < -0.39 is 0 Å². The van der Waals surface area contributed by atoms with Crippen LogP contribution in [0.2, 0.25) is 0 Å². The van der Waals surface area contributed by atoms with Crippen molar-refractivity contribution in [2.45, 2.75) is 20.0 Å². The van der Waals surface area contributed by atoms with Crippen molar-refractivity contribution in [1.29, 1.82) is 0 Å². The number of hydrogen-bond acceptors (Lipinski definition) is 5. The fourth-order valence-electron chi connectivity index (χ4n) is 2.51. The molecule has 6 heteroatoms. The van der Waals surface area contributed by atoms with Gasteiger partial charge in [0, 0.05) is 12.4 Å². The molecule has 0 spiro atoms. The van der Waals surface area contributed by atoms with Gasteiger partial charge in [-0.05, 0) is 31.2 Å². The van der Waals surface area contributed by atoms with E-state index in [1.54, 1.807) is 11.9 Å². The topological polar surface area (TPSA) is 51.7 Å². The molecular weight excluding hydrogens is 372 g/mol. The van der Waals surface area contributed by atoms with E-state index in [1.807, 2.05) is 66.9 Å². The molecule has 146 valence electrons. The normalized spacial score (nSPS) is 10.5. The third kappa shape index (κ3) is 6.09. The molecule has 0 bridgehead atoms. The van der Waals surface area contributed by atoms with Crippen molar-refractivity contribution < 1.29 is 14.3 Å². The molecule has 0 aliphatic carbocycles. The molecule has 0 saturated heterocycles. The highest BCUT2D eigenvalue weighted by molar-refractivity contribution is 7.09. The smallest absolute Gasteiger partial charge is 0.228 e. The van der Waals surface area contributed by atoms with Crippen molar-refractivity contribution in [3.8, 4) is 11.5 Å². The van der Waals surface area contributed by atoms with Crippen LogP contribution in [0.3, 0.4) is 0 Å². The number of carbonyl (C=O) groups excluding carboxylic acids is 1. The zero-order chi connectivity index (χ0) is 19.8. The van der Waals surface area contributed by atoms with Crippen LogP contribution in [0.4, 0.5) is 0 Å².